The first-order chi connectivity index (χ1) is 8.34. The largest absolute Gasteiger partial charge is 0.310 e. The molecule has 1 saturated carbocycles. The predicted octanol–water partition coefficient (Wildman–Crippen LogP) is 3.59. The summed E-state index contributed by atoms with van der Waals surface area (Å²) in [6, 6.07) is 5.87. The minimum absolute atomic E-state index is 0.0234. The van der Waals surface area contributed by atoms with Gasteiger partial charge >= 0.3 is 0 Å². The molecule has 2 aliphatic carbocycles. The lowest BCUT2D eigenvalue weighted by Gasteiger charge is -2.13. The lowest BCUT2D eigenvalue weighted by Crippen LogP contribution is -2.20. The number of benzene rings is 1. The van der Waals surface area contributed by atoms with Crippen LogP contribution in [0.5, 0.6) is 0 Å². The summed E-state index contributed by atoms with van der Waals surface area (Å²) < 4.78 is 13.5. The number of fused-ring (bicyclic) bond motifs is 1. The highest BCUT2D eigenvalue weighted by atomic mass is 19.1. The Hall–Kier alpha value is -0.890. The fourth-order valence-corrected chi connectivity index (χ4v) is 2.90. The summed E-state index contributed by atoms with van der Waals surface area (Å²) in [4.78, 5) is 0. The highest BCUT2D eigenvalue weighted by Gasteiger charge is 2.24. The summed E-state index contributed by atoms with van der Waals surface area (Å²) in [5.74, 6) is 0.995. The predicted molar refractivity (Wildman–Crippen MR) is 67.4 cm³/mol. The van der Waals surface area contributed by atoms with Crippen LogP contribution in [-0.2, 0) is 6.42 Å². The van der Waals surface area contributed by atoms with Crippen molar-refractivity contribution in [3.05, 3.63) is 35.1 Å². The Morgan fingerprint density at radius 2 is 2.12 bits per heavy atom. The van der Waals surface area contributed by atoms with E-state index in [4.69, 9.17) is 0 Å². The molecule has 1 nitrogen and oxygen atoms in total. The van der Waals surface area contributed by atoms with Gasteiger partial charge in [0, 0.05) is 6.04 Å². The van der Waals surface area contributed by atoms with Crippen LogP contribution in [-0.4, -0.2) is 6.54 Å². The van der Waals surface area contributed by atoms with Crippen molar-refractivity contribution in [3.63, 3.8) is 0 Å². The van der Waals surface area contributed by atoms with Crippen molar-refractivity contribution in [2.24, 2.45) is 5.92 Å². The van der Waals surface area contributed by atoms with Crippen molar-refractivity contribution < 1.29 is 4.39 Å². The van der Waals surface area contributed by atoms with Gasteiger partial charge in [-0.15, -0.1) is 0 Å². The van der Waals surface area contributed by atoms with E-state index in [1.54, 1.807) is 6.07 Å². The third-order valence-corrected chi connectivity index (χ3v) is 4.09. The maximum atomic E-state index is 13.5. The van der Waals surface area contributed by atoms with Gasteiger partial charge in [0.25, 0.3) is 0 Å². The maximum Gasteiger partial charge on any atom is 0.126 e. The van der Waals surface area contributed by atoms with Crippen LogP contribution < -0.4 is 5.32 Å². The zero-order valence-electron chi connectivity index (χ0n) is 10.2. The quantitative estimate of drug-likeness (QED) is 0.766. The third-order valence-electron chi connectivity index (χ3n) is 4.09. The second kappa shape index (κ2) is 4.77. The molecule has 2 heteroatoms. The lowest BCUT2D eigenvalue weighted by molar-refractivity contribution is 0.504. The van der Waals surface area contributed by atoms with E-state index in [9.17, 15) is 4.39 Å². The van der Waals surface area contributed by atoms with Crippen LogP contribution in [0.4, 0.5) is 4.39 Å². The molecule has 3 rings (SSSR count). The molecule has 0 saturated heterocycles. The molecule has 0 heterocycles. The van der Waals surface area contributed by atoms with Gasteiger partial charge in [-0.25, -0.2) is 4.39 Å². The summed E-state index contributed by atoms with van der Waals surface area (Å²) in [6.45, 7) is 1.08. The van der Waals surface area contributed by atoms with Crippen LogP contribution in [0.3, 0.4) is 0 Å². The SMILES string of the molecule is Fc1cccc2c1CCC2NCCCC1CC1. The molecule has 1 N–H and O–H groups in total. The van der Waals surface area contributed by atoms with E-state index >= 15 is 0 Å². The molecule has 0 radical (unpaired) electrons. The van der Waals surface area contributed by atoms with E-state index in [0.717, 1.165) is 30.9 Å². The first-order valence-corrected chi connectivity index (χ1v) is 6.85. The van der Waals surface area contributed by atoms with Crippen molar-refractivity contribution in [2.75, 3.05) is 6.54 Å². The Morgan fingerprint density at radius 3 is 2.94 bits per heavy atom. The first-order valence-electron chi connectivity index (χ1n) is 6.85. The van der Waals surface area contributed by atoms with Gasteiger partial charge in [0.15, 0.2) is 0 Å². The second-order valence-corrected chi connectivity index (χ2v) is 5.44. The van der Waals surface area contributed by atoms with Crippen LogP contribution in [0, 0.1) is 11.7 Å². The lowest BCUT2D eigenvalue weighted by atomic mass is 10.1. The molecule has 0 amide bonds. The Bertz CT molecular complexity index is 398. The average Bonchev–Trinajstić information content (AvgIpc) is 3.06. The molecule has 1 unspecified atom stereocenters. The van der Waals surface area contributed by atoms with Crippen molar-refractivity contribution in [1.82, 2.24) is 5.32 Å². The van der Waals surface area contributed by atoms with E-state index in [1.165, 1.54) is 31.2 Å². The Balaban J connectivity index is 1.53. The molecule has 0 aliphatic heterocycles. The van der Waals surface area contributed by atoms with Gasteiger partial charge in [0.1, 0.15) is 5.82 Å². The molecule has 0 spiro atoms. The summed E-state index contributed by atoms with van der Waals surface area (Å²) >= 11 is 0. The standard InChI is InChI=1S/C15H20FN/c16-14-5-1-4-13-12(14)8-9-15(13)17-10-2-3-11-6-7-11/h1,4-5,11,15,17H,2-3,6-10H2. The molecular weight excluding hydrogens is 213 g/mol. The number of halogens is 1. The van der Waals surface area contributed by atoms with Crippen LogP contribution in [0.25, 0.3) is 0 Å². The van der Waals surface area contributed by atoms with Gasteiger partial charge in [-0.1, -0.05) is 25.0 Å². The minimum Gasteiger partial charge on any atom is -0.310 e. The first kappa shape index (κ1) is 11.2. The number of nitrogens with one attached hydrogen (secondary N) is 1. The minimum atomic E-state index is -0.0234. The molecule has 1 aromatic carbocycles. The molecule has 1 aromatic rings. The van der Waals surface area contributed by atoms with E-state index < -0.39 is 0 Å². The van der Waals surface area contributed by atoms with Crippen molar-refractivity contribution in [1.29, 1.82) is 0 Å². The Kier molecular flexibility index (Phi) is 3.15. The Morgan fingerprint density at radius 1 is 1.24 bits per heavy atom. The fraction of sp³-hybridized carbons (Fsp3) is 0.600. The molecule has 2 aliphatic rings. The van der Waals surface area contributed by atoms with Gasteiger partial charge in [-0.3, -0.25) is 0 Å². The monoisotopic (exact) mass is 233 g/mol. The number of rotatable bonds is 5. The van der Waals surface area contributed by atoms with E-state index in [1.807, 2.05) is 6.07 Å². The molecule has 1 fully saturated rings. The van der Waals surface area contributed by atoms with Gasteiger partial charge in [-0.2, -0.15) is 0 Å². The molecule has 0 bridgehead atoms. The average molecular weight is 233 g/mol. The topological polar surface area (TPSA) is 12.0 Å². The van der Waals surface area contributed by atoms with E-state index in [0.29, 0.717) is 6.04 Å². The normalized spacial score (nSPS) is 22.8. The smallest absolute Gasteiger partial charge is 0.126 e. The zero-order chi connectivity index (χ0) is 11.7. The highest BCUT2D eigenvalue weighted by molar-refractivity contribution is 5.35. The van der Waals surface area contributed by atoms with Crippen molar-refractivity contribution >= 4 is 0 Å². The second-order valence-electron chi connectivity index (χ2n) is 5.44. The van der Waals surface area contributed by atoms with Crippen LogP contribution >= 0.6 is 0 Å². The van der Waals surface area contributed by atoms with Crippen LogP contribution in [0.15, 0.2) is 18.2 Å². The summed E-state index contributed by atoms with van der Waals surface area (Å²) in [7, 11) is 0. The van der Waals surface area contributed by atoms with Gasteiger partial charge < -0.3 is 5.32 Å². The van der Waals surface area contributed by atoms with Crippen molar-refractivity contribution in [3.8, 4) is 0 Å². The summed E-state index contributed by atoms with van der Waals surface area (Å²) in [5, 5.41) is 3.58. The summed E-state index contributed by atoms with van der Waals surface area (Å²) in [5.41, 5.74) is 2.13. The maximum absolute atomic E-state index is 13.5. The van der Waals surface area contributed by atoms with E-state index in [2.05, 4.69) is 11.4 Å². The molecule has 92 valence electrons. The van der Waals surface area contributed by atoms with Gasteiger partial charge in [0.05, 0.1) is 0 Å². The molecule has 0 aromatic heterocycles. The number of hydrogen-bond acceptors (Lipinski definition) is 1. The molecular formula is C15H20FN. The highest BCUT2D eigenvalue weighted by Crippen LogP contribution is 2.34. The van der Waals surface area contributed by atoms with E-state index in [-0.39, 0.29) is 5.82 Å². The Labute approximate surface area is 102 Å². The van der Waals surface area contributed by atoms with Crippen LogP contribution in [0.2, 0.25) is 0 Å². The van der Waals surface area contributed by atoms with Crippen LogP contribution in [0.1, 0.15) is 49.3 Å². The van der Waals surface area contributed by atoms with Gasteiger partial charge in [-0.05, 0) is 55.3 Å². The summed E-state index contributed by atoms with van der Waals surface area (Å²) in [6.07, 6.45) is 7.47. The number of hydrogen-bond donors (Lipinski definition) is 1. The molecule has 17 heavy (non-hydrogen) atoms. The zero-order valence-corrected chi connectivity index (χ0v) is 10.2. The van der Waals surface area contributed by atoms with Gasteiger partial charge in [0.2, 0.25) is 0 Å². The molecule has 1 atom stereocenters. The third kappa shape index (κ3) is 2.52. The fourth-order valence-electron chi connectivity index (χ4n) is 2.90. The van der Waals surface area contributed by atoms with Crippen molar-refractivity contribution in [2.45, 2.75) is 44.6 Å².